The largest absolute Gasteiger partial charge is 0.476 e. The first-order valence-corrected chi connectivity index (χ1v) is 4.89. The quantitative estimate of drug-likeness (QED) is 0.802. The maximum Gasteiger partial charge on any atom is 0.422 e. The third kappa shape index (κ3) is 5.70. The second kappa shape index (κ2) is 6.02. The van der Waals surface area contributed by atoms with E-state index in [2.05, 4.69) is 15.0 Å². The number of aromatic carboxylic acids is 1. The number of aromatic nitrogens is 3. The first-order chi connectivity index (χ1) is 8.78. The van der Waals surface area contributed by atoms with E-state index in [4.69, 9.17) is 5.11 Å². The normalized spacial score (nSPS) is 11.1. The third-order valence-corrected chi connectivity index (χ3v) is 1.73. The summed E-state index contributed by atoms with van der Waals surface area (Å²) in [6, 6.07) is 0. The van der Waals surface area contributed by atoms with Crippen LogP contribution in [0.15, 0.2) is 6.20 Å². The van der Waals surface area contributed by atoms with Gasteiger partial charge in [-0.1, -0.05) is 5.21 Å². The molecule has 0 fully saturated rings. The average molecular weight is 282 g/mol. The summed E-state index contributed by atoms with van der Waals surface area (Å²) < 4.78 is 40.1. The molecule has 1 aromatic rings. The Labute approximate surface area is 104 Å². The van der Waals surface area contributed by atoms with Crippen LogP contribution in [0.1, 0.15) is 10.5 Å². The Hall–Kier alpha value is -2.33. The number of alkyl halides is 3. The number of rotatable bonds is 5. The van der Waals surface area contributed by atoms with Crippen LogP contribution in [-0.2, 0) is 11.3 Å². The van der Waals surface area contributed by atoms with E-state index in [1.165, 1.54) is 0 Å². The molecular weight excluding hydrogens is 273 g/mol. The molecule has 0 atom stereocenters. The lowest BCUT2D eigenvalue weighted by Gasteiger charge is -2.08. The van der Waals surface area contributed by atoms with Gasteiger partial charge >= 0.3 is 18.2 Å². The van der Waals surface area contributed by atoms with E-state index in [9.17, 15) is 22.8 Å². The Balaban J connectivity index is 2.26. The fourth-order valence-electron chi connectivity index (χ4n) is 0.977. The van der Waals surface area contributed by atoms with Crippen LogP contribution in [0.4, 0.5) is 18.0 Å². The highest BCUT2D eigenvalue weighted by atomic mass is 19.4. The first kappa shape index (κ1) is 14.7. The minimum absolute atomic E-state index is 0.0431. The van der Waals surface area contributed by atoms with Gasteiger partial charge in [0.1, 0.15) is 0 Å². The molecule has 0 aliphatic carbocycles. The predicted octanol–water partition coefficient (Wildman–Crippen LogP) is 0.265. The van der Waals surface area contributed by atoms with Gasteiger partial charge < -0.3 is 15.2 Å². The van der Waals surface area contributed by atoms with Crippen LogP contribution in [0.2, 0.25) is 0 Å². The molecule has 11 heteroatoms. The van der Waals surface area contributed by atoms with E-state index >= 15 is 0 Å². The number of halogens is 3. The van der Waals surface area contributed by atoms with Gasteiger partial charge in [0.25, 0.3) is 0 Å². The maximum atomic E-state index is 11.7. The summed E-state index contributed by atoms with van der Waals surface area (Å²) in [6.07, 6.45) is -4.69. The number of ether oxygens (including phenoxy) is 1. The second-order valence-corrected chi connectivity index (χ2v) is 3.29. The Morgan fingerprint density at radius 1 is 1.47 bits per heavy atom. The number of carbonyl (C=O) groups excluding carboxylic acids is 1. The van der Waals surface area contributed by atoms with Gasteiger partial charge in [-0.25, -0.2) is 14.3 Å². The van der Waals surface area contributed by atoms with Crippen LogP contribution in [0, 0.1) is 0 Å². The van der Waals surface area contributed by atoms with Gasteiger partial charge in [-0.05, 0) is 0 Å². The monoisotopic (exact) mass is 282 g/mol. The molecule has 19 heavy (non-hydrogen) atoms. The van der Waals surface area contributed by atoms with E-state index in [-0.39, 0.29) is 18.8 Å². The predicted molar refractivity (Wildman–Crippen MR) is 52.4 cm³/mol. The van der Waals surface area contributed by atoms with Crippen molar-refractivity contribution in [3.8, 4) is 0 Å². The van der Waals surface area contributed by atoms with Gasteiger partial charge in [0.05, 0.1) is 12.7 Å². The number of amides is 1. The Morgan fingerprint density at radius 3 is 2.68 bits per heavy atom. The molecule has 0 bridgehead atoms. The van der Waals surface area contributed by atoms with Crippen LogP contribution in [0.3, 0.4) is 0 Å². The van der Waals surface area contributed by atoms with E-state index in [1.807, 2.05) is 5.32 Å². The molecule has 0 saturated carbocycles. The summed E-state index contributed by atoms with van der Waals surface area (Å²) in [7, 11) is 0. The van der Waals surface area contributed by atoms with Crippen molar-refractivity contribution in [1.82, 2.24) is 20.3 Å². The summed E-state index contributed by atoms with van der Waals surface area (Å²) in [4.78, 5) is 21.3. The molecule has 0 saturated heterocycles. The van der Waals surface area contributed by atoms with Gasteiger partial charge in [0, 0.05) is 6.54 Å². The summed E-state index contributed by atoms with van der Waals surface area (Å²) in [5.41, 5.74) is -0.278. The van der Waals surface area contributed by atoms with Crippen molar-refractivity contribution in [2.75, 3.05) is 13.2 Å². The molecule has 0 unspecified atom stereocenters. The number of hydrogen-bond acceptors (Lipinski definition) is 5. The summed E-state index contributed by atoms with van der Waals surface area (Å²) in [5.74, 6) is -1.26. The summed E-state index contributed by atoms with van der Waals surface area (Å²) in [5, 5.41) is 17.3. The SMILES string of the molecule is O=C(NCCn1cc(C(=O)O)nn1)OCC(F)(F)F. The average Bonchev–Trinajstić information content (AvgIpc) is 2.74. The van der Waals surface area contributed by atoms with Gasteiger partial charge in [0.15, 0.2) is 12.3 Å². The molecule has 0 aliphatic rings. The number of carboxylic acids is 1. The van der Waals surface area contributed by atoms with Crippen molar-refractivity contribution >= 4 is 12.1 Å². The summed E-state index contributed by atoms with van der Waals surface area (Å²) >= 11 is 0. The van der Waals surface area contributed by atoms with Crippen molar-refractivity contribution < 1.29 is 32.6 Å². The van der Waals surface area contributed by atoms with Crippen LogP contribution in [0.25, 0.3) is 0 Å². The van der Waals surface area contributed by atoms with Crippen LogP contribution >= 0.6 is 0 Å². The molecule has 8 nitrogen and oxygen atoms in total. The highest BCUT2D eigenvalue weighted by molar-refractivity contribution is 5.84. The number of nitrogens with one attached hydrogen (secondary N) is 1. The number of hydrogen-bond donors (Lipinski definition) is 2. The fraction of sp³-hybridized carbons (Fsp3) is 0.500. The molecule has 106 valence electrons. The minimum Gasteiger partial charge on any atom is -0.476 e. The molecule has 2 N–H and O–H groups in total. The van der Waals surface area contributed by atoms with E-state index < -0.39 is 24.8 Å². The van der Waals surface area contributed by atoms with Gasteiger partial charge in [0.2, 0.25) is 0 Å². The van der Waals surface area contributed by atoms with E-state index in [0.717, 1.165) is 10.9 Å². The highest BCUT2D eigenvalue weighted by Gasteiger charge is 2.29. The number of nitrogens with zero attached hydrogens (tertiary/aromatic N) is 3. The minimum atomic E-state index is -4.58. The molecule has 0 aliphatic heterocycles. The van der Waals surface area contributed by atoms with Gasteiger partial charge in [-0.3, -0.25) is 0 Å². The Kier molecular flexibility index (Phi) is 4.67. The van der Waals surface area contributed by atoms with Gasteiger partial charge in [-0.2, -0.15) is 13.2 Å². The molecular formula is C8H9F3N4O4. The molecule has 0 spiro atoms. The highest BCUT2D eigenvalue weighted by Crippen LogP contribution is 2.14. The summed E-state index contributed by atoms with van der Waals surface area (Å²) in [6.45, 7) is -1.72. The molecule has 1 rings (SSSR count). The number of carboxylic acid groups (broad SMARTS) is 1. The smallest absolute Gasteiger partial charge is 0.422 e. The fourth-order valence-corrected chi connectivity index (χ4v) is 0.977. The van der Waals surface area contributed by atoms with Gasteiger partial charge in [-0.15, -0.1) is 5.10 Å². The Morgan fingerprint density at radius 2 is 2.16 bits per heavy atom. The molecule has 1 heterocycles. The lowest BCUT2D eigenvalue weighted by Crippen LogP contribution is -2.31. The number of alkyl carbamates (subject to hydrolysis) is 1. The van der Waals surface area contributed by atoms with Crippen molar-refractivity contribution in [3.05, 3.63) is 11.9 Å². The van der Waals surface area contributed by atoms with E-state index in [0.29, 0.717) is 0 Å². The van der Waals surface area contributed by atoms with E-state index in [1.54, 1.807) is 0 Å². The molecule has 1 aromatic heterocycles. The van der Waals surface area contributed by atoms with Crippen molar-refractivity contribution in [2.24, 2.45) is 0 Å². The zero-order chi connectivity index (χ0) is 14.5. The topological polar surface area (TPSA) is 106 Å². The standard InChI is InChI=1S/C8H9F3N4O4/c9-8(10,11)4-19-7(18)12-1-2-15-3-5(6(16)17)13-14-15/h3H,1-2,4H2,(H,12,18)(H,16,17). The van der Waals surface area contributed by atoms with Crippen molar-refractivity contribution in [2.45, 2.75) is 12.7 Å². The Bertz CT molecular complexity index is 459. The second-order valence-electron chi connectivity index (χ2n) is 3.29. The third-order valence-electron chi connectivity index (χ3n) is 1.73. The molecule has 0 aromatic carbocycles. The zero-order valence-corrected chi connectivity index (χ0v) is 9.35. The van der Waals surface area contributed by atoms with Crippen LogP contribution < -0.4 is 5.32 Å². The van der Waals surface area contributed by atoms with Crippen molar-refractivity contribution in [3.63, 3.8) is 0 Å². The number of carbonyl (C=O) groups is 2. The lowest BCUT2D eigenvalue weighted by molar-refractivity contribution is -0.160. The van der Waals surface area contributed by atoms with Crippen molar-refractivity contribution in [1.29, 1.82) is 0 Å². The zero-order valence-electron chi connectivity index (χ0n) is 9.35. The lowest BCUT2D eigenvalue weighted by atomic mass is 10.5. The van der Waals surface area contributed by atoms with Crippen LogP contribution in [-0.4, -0.2) is 51.5 Å². The first-order valence-electron chi connectivity index (χ1n) is 4.89. The molecule has 0 radical (unpaired) electrons. The van der Waals surface area contributed by atoms with Crippen LogP contribution in [0.5, 0.6) is 0 Å². The molecule has 1 amide bonds. The maximum absolute atomic E-state index is 11.7.